The van der Waals surface area contributed by atoms with Gasteiger partial charge in [-0.3, -0.25) is 4.79 Å². The molecular formula is C18H27N3O5. The standard InChI is InChI=1S/C18H27N3O5/c1-26-16(23)14-3-2-4-20(14)15(22)10-21(19-25)17-6-12-5-13(7-17)9-18(24,8-12)11-17/h12-14,24H,2-11H2,1H3/t12-,13+,14-,17?,18?/m0/s1. The fraction of sp³-hybridized carbons (Fsp3) is 0.889. The number of amides is 1. The van der Waals surface area contributed by atoms with Crippen LogP contribution in [0.2, 0.25) is 0 Å². The minimum atomic E-state index is -0.724. The van der Waals surface area contributed by atoms with E-state index < -0.39 is 23.2 Å². The number of carbonyl (C=O) groups excluding carboxylic acids is 2. The van der Waals surface area contributed by atoms with Gasteiger partial charge in [0.25, 0.3) is 0 Å². The van der Waals surface area contributed by atoms with Gasteiger partial charge < -0.3 is 14.7 Å². The lowest BCUT2D eigenvalue weighted by molar-refractivity contribution is -0.179. The Kier molecular flexibility index (Phi) is 4.21. The summed E-state index contributed by atoms with van der Waals surface area (Å²) in [5, 5.41) is 15.5. The van der Waals surface area contributed by atoms with E-state index in [2.05, 4.69) is 5.29 Å². The molecule has 144 valence electrons. The number of carbonyl (C=O) groups is 2. The van der Waals surface area contributed by atoms with Crippen LogP contribution >= 0.6 is 0 Å². The van der Waals surface area contributed by atoms with E-state index in [-0.39, 0.29) is 12.5 Å². The number of nitrogens with zero attached hydrogens (tertiary/aromatic N) is 3. The van der Waals surface area contributed by atoms with Crippen LogP contribution in [0.5, 0.6) is 0 Å². The average molecular weight is 365 g/mol. The van der Waals surface area contributed by atoms with Crippen molar-refractivity contribution in [3.8, 4) is 0 Å². The summed E-state index contributed by atoms with van der Waals surface area (Å²) in [5.41, 5.74) is -1.24. The first-order chi connectivity index (χ1) is 12.4. The lowest BCUT2D eigenvalue weighted by atomic mass is 9.51. The third-order valence-electron chi connectivity index (χ3n) is 6.98. The molecule has 0 spiro atoms. The minimum Gasteiger partial charge on any atom is -0.467 e. The predicted molar refractivity (Wildman–Crippen MR) is 91.6 cm³/mol. The molecule has 5 aliphatic rings. The number of hydrogen-bond donors (Lipinski definition) is 1. The number of nitroso groups, excluding NO2 is 1. The van der Waals surface area contributed by atoms with Crippen molar-refractivity contribution in [1.82, 2.24) is 9.91 Å². The zero-order chi connectivity index (χ0) is 18.5. The van der Waals surface area contributed by atoms with E-state index in [4.69, 9.17) is 4.74 Å². The Labute approximate surface area is 152 Å². The van der Waals surface area contributed by atoms with Gasteiger partial charge >= 0.3 is 5.97 Å². The van der Waals surface area contributed by atoms with E-state index >= 15 is 0 Å². The van der Waals surface area contributed by atoms with Crippen molar-refractivity contribution in [3.63, 3.8) is 0 Å². The largest absolute Gasteiger partial charge is 0.467 e. The lowest BCUT2D eigenvalue weighted by Gasteiger charge is -2.61. The molecule has 5 fully saturated rings. The average Bonchev–Trinajstić information content (AvgIpc) is 3.06. The summed E-state index contributed by atoms with van der Waals surface area (Å²) in [4.78, 5) is 37.9. The van der Waals surface area contributed by atoms with Crippen LogP contribution < -0.4 is 0 Å². The molecule has 1 aliphatic heterocycles. The molecule has 0 radical (unpaired) electrons. The highest BCUT2D eigenvalue weighted by molar-refractivity contribution is 5.86. The summed E-state index contributed by atoms with van der Waals surface area (Å²) in [5.74, 6) is 0.122. The van der Waals surface area contributed by atoms with Crippen molar-refractivity contribution in [2.75, 3.05) is 20.2 Å². The molecular weight excluding hydrogens is 338 g/mol. The van der Waals surface area contributed by atoms with Crippen LogP contribution in [-0.2, 0) is 14.3 Å². The normalized spacial score (nSPS) is 40.5. The van der Waals surface area contributed by atoms with Gasteiger partial charge in [0.1, 0.15) is 12.6 Å². The molecule has 8 nitrogen and oxygen atoms in total. The van der Waals surface area contributed by atoms with Crippen molar-refractivity contribution in [3.05, 3.63) is 4.91 Å². The number of aliphatic hydroxyl groups is 1. The van der Waals surface area contributed by atoms with Crippen molar-refractivity contribution < 1.29 is 19.4 Å². The maximum atomic E-state index is 12.8. The summed E-state index contributed by atoms with van der Waals surface area (Å²) in [6.45, 7) is 0.361. The van der Waals surface area contributed by atoms with Crippen LogP contribution in [0.4, 0.5) is 0 Å². The third-order valence-corrected chi connectivity index (χ3v) is 6.98. The second-order valence-corrected chi connectivity index (χ2v) is 8.82. The predicted octanol–water partition coefficient (Wildman–Crippen LogP) is 1.22. The van der Waals surface area contributed by atoms with Crippen LogP contribution in [-0.4, -0.2) is 64.3 Å². The van der Waals surface area contributed by atoms with Gasteiger partial charge in [0.05, 0.1) is 23.5 Å². The smallest absolute Gasteiger partial charge is 0.328 e. The number of ether oxygens (including phenoxy) is 1. The van der Waals surface area contributed by atoms with Crippen LogP contribution in [0, 0.1) is 16.7 Å². The fourth-order valence-corrected chi connectivity index (χ4v) is 6.42. The number of likely N-dealkylation sites (tertiary alicyclic amines) is 1. The summed E-state index contributed by atoms with van der Waals surface area (Å²) in [6, 6.07) is -0.568. The van der Waals surface area contributed by atoms with E-state index in [9.17, 15) is 19.6 Å². The van der Waals surface area contributed by atoms with Gasteiger partial charge in [-0.05, 0) is 56.8 Å². The molecule has 5 atom stereocenters. The Bertz CT molecular complexity index is 610. The van der Waals surface area contributed by atoms with Crippen molar-refractivity contribution in [1.29, 1.82) is 0 Å². The van der Waals surface area contributed by atoms with Gasteiger partial charge in [0.15, 0.2) is 0 Å². The minimum absolute atomic E-state index is 0.132. The Hall–Kier alpha value is -1.70. The first-order valence-corrected chi connectivity index (χ1v) is 9.59. The highest BCUT2D eigenvalue weighted by atomic mass is 16.5. The van der Waals surface area contributed by atoms with Crippen LogP contribution in [0.25, 0.3) is 0 Å². The fourth-order valence-electron chi connectivity index (χ4n) is 6.42. The van der Waals surface area contributed by atoms with Crippen LogP contribution in [0.15, 0.2) is 5.29 Å². The topological polar surface area (TPSA) is 99.5 Å². The Morgan fingerprint density at radius 3 is 2.54 bits per heavy atom. The maximum absolute atomic E-state index is 12.8. The second-order valence-electron chi connectivity index (χ2n) is 8.82. The molecule has 4 saturated carbocycles. The van der Waals surface area contributed by atoms with Gasteiger partial charge in [0, 0.05) is 13.0 Å². The Balaban J connectivity index is 1.50. The molecule has 2 unspecified atom stereocenters. The highest BCUT2D eigenvalue weighted by Gasteiger charge is 2.60. The summed E-state index contributed by atoms with van der Waals surface area (Å²) < 4.78 is 4.79. The first-order valence-electron chi connectivity index (χ1n) is 9.59. The van der Waals surface area contributed by atoms with E-state index in [0.717, 1.165) is 38.5 Å². The van der Waals surface area contributed by atoms with Gasteiger partial charge in [-0.15, -0.1) is 4.91 Å². The highest BCUT2D eigenvalue weighted by Crippen LogP contribution is 2.59. The Morgan fingerprint density at radius 2 is 1.96 bits per heavy atom. The summed E-state index contributed by atoms with van der Waals surface area (Å²) in [6.07, 6.45) is 6.14. The first kappa shape index (κ1) is 17.7. The quantitative estimate of drug-likeness (QED) is 0.447. The molecule has 0 aromatic heterocycles. The van der Waals surface area contributed by atoms with Crippen molar-refractivity contribution >= 4 is 11.9 Å². The van der Waals surface area contributed by atoms with E-state index in [1.54, 1.807) is 0 Å². The molecule has 4 aliphatic carbocycles. The second kappa shape index (κ2) is 6.18. The van der Waals surface area contributed by atoms with Gasteiger partial charge in [-0.1, -0.05) is 0 Å². The number of rotatable bonds is 5. The summed E-state index contributed by atoms with van der Waals surface area (Å²) in [7, 11) is 1.32. The molecule has 1 amide bonds. The van der Waals surface area contributed by atoms with E-state index in [0.29, 0.717) is 31.2 Å². The molecule has 0 aromatic carbocycles. The molecule has 1 N–H and O–H groups in total. The zero-order valence-corrected chi connectivity index (χ0v) is 15.2. The lowest BCUT2D eigenvalue weighted by Crippen LogP contribution is -2.65. The molecule has 5 rings (SSSR count). The molecule has 1 heterocycles. The third kappa shape index (κ3) is 2.78. The van der Waals surface area contributed by atoms with Crippen molar-refractivity contribution in [2.24, 2.45) is 17.1 Å². The van der Waals surface area contributed by atoms with E-state index in [1.807, 2.05) is 0 Å². The maximum Gasteiger partial charge on any atom is 0.328 e. The van der Waals surface area contributed by atoms with E-state index in [1.165, 1.54) is 17.0 Å². The molecule has 0 aromatic rings. The van der Waals surface area contributed by atoms with Crippen molar-refractivity contribution in [2.45, 2.75) is 68.5 Å². The van der Waals surface area contributed by atoms with Gasteiger partial charge in [-0.25, -0.2) is 9.80 Å². The molecule has 4 bridgehead atoms. The molecule has 1 saturated heterocycles. The zero-order valence-electron chi connectivity index (χ0n) is 15.2. The van der Waals surface area contributed by atoms with Gasteiger partial charge in [-0.2, -0.15) is 0 Å². The number of esters is 1. The monoisotopic (exact) mass is 365 g/mol. The van der Waals surface area contributed by atoms with Crippen LogP contribution in [0.3, 0.4) is 0 Å². The van der Waals surface area contributed by atoms with Gasteiger partial charge in [0.2, 0.25) is 5.91 Å². The number of methoxy groups -OCH3 is 1. The van der Waals surface area contributed by atoms with Crippen LogP contribution in [0.1, 0.15) is 51.4 Å². The molecule has 26 heavy (non-hydrogen) atoms. The summed E-state index contributed by atoms with van der Waals surface area (Å²) >= 11 is 0. The number of hydrogen-bond acceptors (Lipinski definition) is 6. The molecule has 8 heteroatoms. The Morgan fingerprint density at radius 1 is 1.27 bits per heavy atom. The SMILES string of the molecule is COC(=O)[C@@H]1CCCN1C(=O)CN(N=O)C12C[C@@H]3C[C@@H](CC(O)(C3)C1)C2.